The molecule has 0 saturated carbocycles. The van der Waals surface area contributed by atoms with Crippen LogP contribution in [0.4, 0.5) is 0 Å². The van der Waals surface area contributed by atoms with Crippen LogP contribution in [0.25, 0.3) is 0 Å². The van der Waals surface area contributed by atoms with Gasteiger partial charge >= 0.3 is 5.69 Å². The van der Waals surface area contributed by atoms with Crippen LogP contribution in [0.15, 0.2) is 10.9 Å². The van der Waals surface area contributed by atoms with Crippen molar-refractivity contribution < 1.29 is 0 Å². The predicted octanol–water partition coefficient (Wildman–Crippen LogP) is 2.21. The number of hydrogen-bond acceptors (Lipinski definition) is 3. The highest BCUT2D eigenvalue weighted by atomic mass is 32.1. The second-order valence-corrected chi connectivity index (χ2v) is 4.63. The average Bonchev–Trinajstić information content (AvgIpc) is 2.21. The molecule has 0 aromatic carbocycles. The van der Waals surface area contributed by atoms with Crippen LogP contribution in [0.2, 0.25) is 0 Å². The molecule has 90 valence electrons. The van der Waals surface area contributed by atoms with E-state index in [1.807, 2.05) is 19.9 Å². The summed E-state index contributed by atoms with van der Waals surface area (Å²) in [6.07, 6.45) is 2.22. The molecule has 0 aliphatic rings. The van der Waals surface area contributed by atoms with Crippen molar-refractivity contribution in [1.82, 2.24) is 9.55 Å². The summed E-state index contributed by atoms with van der Waals surface area (Å²) in [5, 5.41) is 0. The molecule has 1 heterocycles. The lowest BCUT2D eigenvalue weighted by molar-refractivity contribution is 0.435. The molecule has 3 nitrogen and oxygen atoms in total. The number of aromatic nitrogens is 2. The van der Waals surface area contributed by atoms with E-state index in [0.717, 1.165) is 36.5 Å². The maximum absolute atomic E-state index is 11.7. The van der Waals surface area contributed by atoms with Gasteiger partial charge in [0.25, 0.3) is 0 Å². The van der Waals surface area contributed by atoms with Gasteiger partial charge in [0.1, 0.15) is 0 Å². The van der Waals surface area contributed by atoms with Crippen molar-refractivity contribution in [2.75, 3.05) is 5.75 Å². The lowest BCUT2D eigenvalue weighted by atomic mass is 10.1. The van der Waals surface area contributed by atoms with Crippen LogP contribution in [-0.2, 0) is 6.54 Å². The van der Waals surface area contributed by atoms with Crippen LogP contribution in [-0.4, -0.2) is 15.3 Å². The van der Waals surface area contributed by atoms with Gasteiger partial charge in [0.15, 0.2) is 0 Å². The maximum atomic E-state index is 11.7. The molecule has 1 atom stereocenters. The zero-order valence-corrected chi connectivity index (χ0v) is 11.1. The van der Waals surface area contributed by atoms with Crippen LogP contribution >= 0.6 is 12.6 Å². The Morgan fingerprint density at radius 3 is 2.69 bits per heavy atom. The molecule has 0 amide bonds. The van der Waals surface area contributed by atoms with Gasteiger partial charge in [0.05, 0.1) is 0 Å². The third kappa shape index (κ3) is 3.37. The summed E-state index contributed by atoms with van der Waals surface area (Å²) in [5.74, 6) is 1.27. The molecular formula is C12H20N2OS. The van der Waals surface area contributed by atoms with Crippen LogP contribution < -0.4 is 5.69 Å². The van der Waals surface area contributed by atoms with Gasteiger partial charge < -0.3 is 0 Å². The third-order valence-corrected chi connectivity index (χ3v) is 3.26. The molecule has 0 fully saturated rings. The van der Waals surface area contributed by atoms with Crippen molar-refractivity contribution in [2.45, 2.75) is 40.2 Å². The van der Waals surface area contributed by atoms with Crippen molar-refractivity contribution in [3.63, 3.8) is 0 Å². The first-order valence-electron chi connectivity index (χ1n) is 5.74. The van der Waals surface area contributed by atoms with E-state index in [-0.39, 0.29) is 5.69 Å². The monoisotopic (exact) mass is 240 g/mol. The highest BCUT2D eigenvalue weighted by molar-refractivity contribution is 7.80. The van der Waals surface area contributed by atoms with Gasteiger partial charge in [-0.25, -0.2) is 4.79 Å². The molecule has 4 heteroatoms. The molecule has 0 radical (unpaired) electrons. The minimum absolute atomic E-state index is 0.139. The maximum Gasteiger partial charge on any atom is 0.347 e. The minimum atomic E-state index is -0.139. The van der Waals surface area contributed by atoms with E-state index in [9.17, 15) is 4.79 Å². The quantitative estimate of drug-likeness (QED) is 0.801. The Morgan fingerprint density at radius 1 is 1.50 bits per heavy atom. The first-order chi connectivity index (χ1) is 7.58. The fourth-order valence-corrected chi connectivity index (χ4v) is 2.20. The lowest BCUT2D eigenvalue weighted by Crippen LogP contribution is -2.29. The van der Waals surface area contributed by atoms with E-state index in [2.05, 4.69) is 24.5 Å². The summed E-state index contributed by atoms with van der Waals surface area (Å²) in [4.78, 5) is 15.7. The highest BCUT2D eigenvalue weighted by Crippen LogP contribution is 2.11. The lowest BCUT2D eigenvalue weighted by Gasteiger charge is -2.16. The Morgan fingerprint density at radius 2 is 2.19 bits per heavy atom. The Balaban J connectivity index is 2.92. The van der Waals surface area contributed by atoms with Gasteiger partial charge in [0, 0.05) is 17.9 Å². The second-order valence-electron chi connectivity index (χ2n) is 4.27. The molecule has 1 aromatic rings. The molecule has 0 saturated heterocycles. The average molecular weight is 240 g/mol. The fraction of sp³-hybridized carbons (Fsp3) is 0.667. The molecule has 1 rings (SSSR count). The molecule has 16 heavy (non-hydrogen) atoms. The SMILES string of the molecule is CCCC(CS)Cn1c(C)cc(C)nc1=O. The highest BCUT2D eigenvalue weighted by Gasteiger charge is 2.10. The largest absolute Gasteiger partial charge is 0.347 e. The van der Waals surface area contributed by atoms with Crippen molar-refractivity contribution in [1.29, 1.82) is 0 Å². The number of rotatable bonds is 5. The van der Waals surface area contributed by atoms with Gasteiger partial charge in [-0.2, -0.15) is 17.6 Å². The first-order valence-corrected chi connectivity index (χ1v) is 6.37. The summed E-state index contributed by atoms with van der Waals surface area (Å²) >= 11 is 4.33. The summed E-state index contributed by atoms with van der Waals surface area (Å²) in [7, 11) is 0. The van der Waals surface area contributed by atoms with E-state index in [0.29, 0.717) is 5.92 Å². The molecule has 0 bridgehead atoms. The van der Waals surface area contributed by atoms with Crippen LogP contribution in [0, 0.1) is 19.8 Å². The molecule has 1 aromatic heterocycles. The summed E-state index contributed by atoms with van der Waals surface area (Å²) in [5.41, 5.74) is 1.64. The number of thiol groups is 1. The Kier molecular flexibility index (Phi) is 5.06. The molecule has 0 N–H and O–H groups in total. The second kappa shape index (κ2) is 6.09. The standard InChI is InChI=1S/C12H20N2OS/c1-4-5-11(8-16)7-14-10(3)6-9(2)13-12(14)15/h6,11,16H,4-5,7-8H2,1-3H3. The van der Waals surface area contributed by atoms with Gasteiger partial charge in [0.2, 0.25) is 0 Å². The van der Waals surface area contributed by atoms with E-state index in [1.165, 1.54) is 0 Å². The summed E-state index contributed by atoms with van der Waals surface area (Å²) < 4.78 is 1.75. The number of hydrogen-bond donors (Lipinski definition) is 1. The molecular weight excluding hydrogens is 220 g/mol. The third-order valence-electron chi connectivity index (χ3n) is 2.74. The van der Waals surface area contributed by atoms with E-state index < -0.39 is 0 Å². The predicted molar refractivity (Wildman–Crippen MR) is 70.2 cm³/mol. The zero-order valence-electron chi connectivity index (χ0n) is 10.2. The van der Waals surface area contributed by atoms with Crippen molar-refractivity contribution in [2.24, 2.45) is 5.92 Å². The summed E-state index contributed by atoms with van der Waals surface area (Å²) in [6.45, 7) is 6.69. The van der Waals surface area contributed by atoms with Crippen LogP contribution in [0.1, 0.15) is 31.2 Å². The van der Waals surface area contributed by atoms with Crippen LogP contribution in [0.3, 0.4) is 0 Å². The van der Waals surface area contributed by atoms with E-state index >= 15 is 0 Å². The van der Waals surface area contributed by atoms with Gasteiger partial charge in [-0.05, 0) is 38.0 Å². The minimum Gasteiger partial charge on any atom is -0.296 e. The first kappa shape index (κ1) is 13.3. The van der Waals surface area contributed by atoms with E-state index in [1.54, 1.807) is 4.57 Å². The molecule has 0 spiro atoms. The van der Waals surface area contributed by atoms with Crippen molar-refractivity contribution >= 4 is 12.6 Å². The number of nitrogens with zero attached hydrogens (tertiary/aromatic N) is 2. The topological polar surface area (TPSA) is 34.9 Å². The van der Waals surface area contributed by atoms with Crippen molar-refractivity contribution in [3.8, 4) is 0 Å². The summed E-state index contributed by atoms with van der Waals surface area (Å²) in [6, 6.07) is 1.95. The molecule has 0 aliphatic heterocycles. The van der Waals surface area contributed by atoms with Gasteiger partial charge in [-0.1, -0.05) is 13.3 Å². The Hall–Kier alpha value is -0.770. The zero-order chi connectivity index (χ0) is 12.1. The van der Waals surface area contributed by atoms with Crippen molar-refractivity contribution in [3.05, 3.63) is 27.9 Å². The Bertz CT molecular complexity index is 400. The van der Waals surface area contributed by atoms with Gasteiger partial charge in [-0.3, -0.25) is 4.57 Å². The molecule has 0 aliphatic carbocycles. The van der Waals surface area contributed by atoms with E-state index in [4.69, 9.17) is 0 Å². The Labute approximate surface area is 102 Å². The van der Waals surface area contributed by atoms with Crippen LogP contribution in [0.5, 0.6) is 0 Å². The smallest absolute Gasteiger partial charge is 0.296 e. The normalized spacial score (nSPS) is 12.8. The number of aryl methyl sites for hydroxylation is 2. The van der Waals surface area contributed by atoms with Gasteiger partial charge in [-0.15, -0.1) is 0 Å². The molecule has 1 unspecified atom stereocenters. The fourth-order valence-electron chi connectivity index (χ4n) is 1.90.